The predicted molar refractivity (Wildman–Crippen MR) is 81.4 cm³/mol. The molecule has 0 bridgehead atoms. The molecule has 1 aromatic rings. The maximum Gasteiger partial charge on any atom is 0.315 e. The van der Waals surface area contributed by atoms with Gasteiger partial charge in [0.1, 0.15) is 0 Å². The third-order valence-electron chi connectivity index (χ3n) is 3.46. The number of nitrogens with one attached hydrogen (secondary N) is 2. The van der Waals surface area contributed by atoms with Gasteiger partial charge in [-0.25, -0.2) is 18.4 Å². The van der Waals surface area contributed by atoms with Crippen molar-refractivity contribution in [2.45, 2.75) is 37.8 Å². The van der Waals surface area contributed by atoms with E-state index < -0.39 is 28.1 Å². The molecule has 0 saturated heterocycles. The molecule has 8 nitrogen and oxygen atoms in total. The Morgan fingerprint density at radius 3 is 2.26 bits per heavy atom. The number of urea groups is 1. The third kappa shape index (κ3) is 5.87. The quantitative estimate of drug-likeness (QED) is 0.600. The number of benzene rings is 1. The number of sulfonamides is 1. The van der Waals surface area contributed by atoms with E-state index >= 15 is 0 Å². The Balaban J connectivity index is 2.60. The number of carboxylic acid groups (broad SMARTS) is 1. The van der Waals surface area contributed by atoms with E-state index in [1.165, 1.54) is 24.3 Å². The van der Waals surface area contributed by atoms with Gasteiger partial charge in [0.05, 0.1) is 16.9 Å². The molecular weight excluding hydrogens is 322 g/mol. The first kappa shape index (κ1) is 18.9. The van der Waals surface area contributed by atoms with Crippen molar-refractivity contribution in [1.29, 1.82) is 0 Å². The van der Waals surface area contributed by atoms with Crippen LogP contribution in [0.25, 0.3) is 0 Å². The van der Waals surface area contributed by atoms with Crippen molar-refractivity contribution in [3.8, 4) is 0 Å². The van der Waals surface area contributed by atoms with Gasteiger partial charge in [-0.1, -0.05) is 32.4 Å². The van der Waals surface area contributed by atoms with Crippen molar-refractivity contribution >= 4 is 22.0 Å². The summed E-state index contributed by atoms with van der Waals surface area (Å²) in [5.41, 5.74) is 0.640. The van der Waals surface area contributed by atoms with Crippen molar-refractivity contribution in [3.05, 3.63) is 29.8 Å². The van der Waals surface area contributed by atoms with Crippen LogP contribution in [0.2, 0.25) is 0 Å². The lowest BCUT2D eigenvalue weighted by Gasteiger charge is -2.25. The molecule has 2 atom stereocenters. The molecule has 0 heterocycles. The van der Waals surface area contributed by atoms with Crippen LogP contribution in [0.4, 0.5) is 4.79 Å². The molecule has 0 aliphatic heterocycles. The molecule has 1 rings (SSSR count). The number of rotatable bonds is 7. The van der Waals surface area contributed by atoms with Crippen molar-refractivity contribution in [2.75, 3.05) is 0 Å². The highest BCUT2D eigenvalue weighted by Crippen LogP contribution is 2.09. The van der Waals surface area contributed by atoms with E-state index in [0.717, 1.165) is 0 Å². The summed E-state index contributed by atoms with van der Waals surface area (Å²) in [6.07, 6.45) is 0.577. The summed E-state index contributed by atoms with van der Waals surface area (Å²) in [5, 5.41) is 20.8. The van der Waals surface area contributed by atoms with Crippen LogP contribution < -0.4 is 20.9 Å². The number of hydrogen-bond donors (Lipinski definition) is 3. The molecule has 0 aliphatic rings. The second-order valence-electron chi connectivity index (χ2n) is 5.20. The average Bonchev–Trinajstić information content (AvgIpc) is 2.49. The summed E-state index contributed by atoms with van der Waals surface area (Å²) in [4.78, 5) is 22.7. The fraction of sp³-hybridized carbons (Fsp3) is 0.429. The Bertz CT molecular complexity index is 657. The Morgan fingerprint density at radius 2 is 1.83 bits per heavy atom. The van der Waals surface area contributed by atoms with Crippen LogP contribution in [0.1, 0.15) is 25.8 Å². The van der Waals surface area contributed by atoms with Crippen molar-refractivity contribution in [1.82, 2.24) is 10.6 Å². The minimum absolute atomic E-state index is 0.0283. The number of aliphatic carboxylic acids is 1. The SMILES string of the molecule is CC[C@@H](C)[C@H](NC(=O)NCc1ccc(S(N)(=O)=O)cc1)C(=O)[O-]. The van der Waals surface area contributed by atoms with E-state index in [-0.39, 0.29) is 17.4 Å². The molecule has 0 radical (unpaired) electrons. The topological polar surface area (TPSA) is 141 Å². The number of carboxylic acids is 1. The number of hydrogen-bond acceptors (Lipinski definition) is 5. The zero-order valence-electron chi connectivity index (χ0n) is 12.9. The van der Waals surface area contributed by atoms with Crippen molar-refractivity contribution in [2.24, 2.45) is 11.1 Å². The van der Waals surface area contributed by atoms with Gasteiger partial charge in [0.25, 0.3) is 0 Å². The number of primary sulfonamides is 1. The van der Waals surface area contributed by atoms with Gasteiger partial charge in [0.2, 0.25) is 10.0 Å². The summed E-state index contributed by atoms with van der Waals surface area (Å²) in [5.74, 6) is -1.60. The Kier molecular flexibility index (Phi) is 6.52. The molecule has 0 spiro atoms. The first-order valence-electron chi connectivity index (χ1n) is 7.02. The van der Waals surface area contributed by atoms with Crippen LogP contribution in [0, 0.1) is 5.92 Å². The molecule has 0 aromatic heterocycles. The number of amides is 2. The molecule has 2 amide bonds. The van der Waals surface area contributed by atoms with Crippen LogP contribution in [0.5, 0.6) is 0 Å². The zero-order valence-corrected chi connectivity index (χ0v) is 13.7. The predicted octanol–water partition coefficient (Wildman–Crippen LogP) is -0.702. The fourth-order valence-electron chi connectivity index (χ4n) is 1.84. The molecule has 23 heavy (non-hydrogen) atoms. The van der Waals surface area contributed by atoms with E-state index in [0.29, 0.717) is 12.0 Å². The number of carbonyl (C=O) groups is 2. The van der Waals surface area contributed by atoms with Crippen LogP contribution in [-0.4, -0.2) is 26.5 Å². The van der Waals surface area contributed by atoms with E-state index in [9.17, 15) is 23.1 Å². The standard InChI is InChI=1S/C14H21N3O5S/c1-3-9(2)12(13(18)19)17-14(20)16-8-10-4-6-11(7-5-10)23(15,21)22/h4-7,9,12H,3,8H2,1-2H3,(H,18,19)(H2,15,21,22)(H2,16,17,20)/p-1/t9-,12+/m1/s1. The summed E-state index contributed by atoms with van der Waals surface area (Å²) in [6, 6.07) is 3.94. The monoisotopic (exact) mass is 342 g/mol. The normalized spacial score (nSPS) is 13.9. The lowest BCUT2D eigenvalue weighted by atomic mass is 9.99. The Hall–Kier alpha value is -2.13. The first-order valence-corrected chi connectivity index (χ1v) is 8.56. The molecule has 128 valence electrons. The maximum atomic E-state index is 11.7. The van der Waals surface area contributed by atoms with Gasteiger partial charge in [-0.05, 0) is 23.6 Å². The van der Waals surface area contributed by atoms with E-state index in [1.54, 1.807) is 6.92 Å². The smallest absolute Gasteiger partial charge is 0.315 e. The Morgan fingerprint density at radius 1 is 1.26 bits per heavy atom. The molecule has 0 aliphatic carbocycles. The van der Waals surface area contributed by atoms with Crippen molar-refractivity contribution in [3.63, 3.8) is 0 Å². The van der Waals surface area contributed by atoms with Gasteiger partial charge in [-0.3, -0.25) is 0 Å². The minimum Gasteiger partial charge on any atom is -0.548 e. The van der Waals surface area contributed by atoms with Crippen LogP contribution in [0.3, 0.4) is 0 Å². The molecular formula is C14H20N3O5S-. The van der Waals surface area contributed by atoms with Gasteiger partial charge >= 0.3 is 6.03 Å². The lowest BCUT2D eigenvalue weighted by Crippen LogP contribution is -2.53. The van der Waals surface area contributed by atoms with Gasteiger partial charge in [-0.2, -0.15) is 0 Å². The van der Waals surface area contributed by atoms with E-state index in [2.05, 4.69) is 10.6 Å². The largest absolute Gasteiger partial charge is 0.548 e. The molecule has 1 aromatic carbocycles. The van der Waals surface area contributed by atoms with Gasteiger partial charge in [0, 0.05) is 6.54 Å². The molecule has 9 heteroatoms. The summed E-state index contributed by atoms with van der Waals surface area (Å²) < 4.78 is 22.2. The minimum atomic E-state index is -3.76. The second-order valence-corrected chi connectivity index (χ2v) is 6.76. The highest BCUT2D eigenvalue weighted by Gasteiger charge is 2.19. The summed E-state index contributed by atoms with van der Waals surface area (Å²) >= 11 is 0. The van der Waals surface area contributed by atoms with Crippen LogP contribution in [-0.2, 0) is 21.4 Å². The number of nitrogens with two attached hydrogens (primary N) is 1. The fourth-order valence-corrected chi connectivity index (χ4v) is 2.36. The van der Waals surface area contributed by atoms with Crippen LogP contribution in [0.15, 0.2) is 29.2 Å². The highest BCUT2D eigenvalue weighted by atomic mass is 32.2. The zero-order chi connectivity index (χ0) is 17.6. The molecule has 0 fully saturated rings. The van der Waals surface area contributed by atoms with E-state index in [4.69, 9.17) is 5.14 Å². The number of carbonyl (C=O) groups excluding carboxylic acids is 2. The van der Waals surface area contributed by atoms with Crippen molar-refractivity contribution < 1.29 is 23.1 Å². The second kappa shape index (κ2) is 7.93. The van der Waals surface area contributed by atoms with Gasteiger partial charge in [-0.15, -0.1) is 0 Å². The molecule has 4 N–H and O–H groups in total. The third-order valence-corrected chi connectivity index (χ3v) is 4.39. The van der Waals surface area contributed by atoms with Gasteiger partial charge < -0.3 is 20.5 Å². The highest BCUT2D eigenvalue weighted by molar-refractivity contribution is 7.89. The molecule has 0 saturated carbocycles. The average molecular weight is 342 g/mol. The first-order chi connectivity index (χ1) is 10.6. The Labute approximate surface area is 135 Å². The molecule has 0 unspecified atom stereocenters. The maximum absolute atomic E-state index is 11.7. The summed E-state index contributed by atoms with van der Waals surface area (Å²) in [7, 11) is -3.76. The lowest BCUT2D eigenvalue weighted by molar-refractivity contribution is -0.309. The van der Waals surface area contributed by atoms with E-state index in [1.807, 2.05) is 6.92 Å². The summed E-state index contributed by atoms with van der Waals surface area (Å²) in [6.45, 7) is 3.62. The van der Waals surface area contributed by atoms with Crippen LogP contribution >= 0.6 is 0 Å². The van der Waals surface area contributed by atoms with Gasteiger partial charge in [0.15, 0.2) is 0 Å².